The highest BCUT2D eigenvalue weighted by molar-refractivity contribution is 6.05. The lowest BCUT2D eigenvalue weighted by Gasteiger charge is -2.40. The van der Waals surface area contributed by atoms with E-state index in [1.165, 1.54) is 21.9 Å². The van der Waals surface area contributed by atoms with Gasteiger partial charge in [0.05, 0.1) is 17.9 Å². The minimum absolute atomic E-state index is 0.0309. The molecule has 1 aliphatic heterocycles. The maximum Gasteiger partial charge on any atom is 0.416 e. The van der Waals surface area contributed by atoms with E-state index in [0.29, 0.717) is 5.56 Å². The Morgan fingerprint density at radius 3 is 2.36 bits per heavy atom. The third kappa shape index (κ3) is 5.92. The molecular weight excluding hydrogens is 513 g/mol. The molecule has 1 aromatic heterocycles. The summed E-state index contributed by atoms with van der Waals surface area (Å²) < 4.78 is 44.6. The molecule has 0 bridgehead atoms. The molecule has 4 rings (SSSR count). The number of hydrogen-bond acceptors (Lipinski definition) is 6. The van der Waals surface area contributed by atoms with Gasteiger partial charge in [-0.2, -0.15) is 13.2 Å². The van der Waals surface area contributed by atoms with Crippen LogP contribution in [0.3, 0.4) is 0 Å². The van der Waals surface area contributed by atoms with Crippen molar-refractivity contribution in [3.63, 3.8) is 0 Å². The van der Waals surface area contributed by atoms with E-state index in [2.05, 4.69) is 9.97 Å². The molecule has 2 amide bonds. The van der Waals surface area contributed by atoms with Crippen molar-refractivity contribution in [3.05, 3.63) is 82.7 Å². The maximum absolute atomic E-state index is 13.7. The number of aryl methyl sites for hydroxylation is 1. The van der Waals surface area contributed by atoms with Crippen LogP contribution in [0.25, 0.3) is 11.4 Å². The van der Waals surface area contributed by atoms with Gasteiger partial charge in [-0.25, -0.2) is 14.8 Å². The summed E-state index contributed by atoms with van der Waals surface area (Å²) in [6, 6.07) is 12.8. The number of carbonyl (C=O) groups excluding carboxylic acids is 3. The number of esters is 1. The molecule has 1 unspecified atom stereocenters. The predicted molar refractivity (Wildman–Crippen MR) is 136 cm³/mol. The standard InChI is InChI=1S/C28H27F3N4O4/c1-4-39-27(38)22-18(3)32-24(19-9-6-5-7-10-19)33-23(22)26(37)34-13-14-35(17(2)16-34)25(36)20-11-8-12-21(15-20)28(29,30)31/h5-12,15,17H,4,13-14,16H2,1-3H3. The third-order valence-corrected chi connectivity index (χ3v) is 6.42. The second-order valence-electron chi connectivity index (χ2n) is 9.12. The van der Waals surface area contributed by atoms with Gasteiger partial charge in [-0.05, 0) is 39.0 Å². The molecule has 39 heavy (non-hydrogen) atoms. The Bertz CT molecular complexity index is 1400. The first-order valence-corrected chi connectivity index (χ1v) is 12.4. The average Bonchev–Trinajstić information content (AvgIpc) is 2.92. The van der Waals surface area contributed by atoms with Crippen molar-refractivity contribution in [1.29, 1.82) is 0 Å². The van der Waals surface area contributed by atoms with E-state index in [4.69, 9.17) is 4.74 Å². The van der Waals surface area contributed by atoms with Gasteiger partial charge in [-0.15, -0.1) is 0 Å². The van der Waals surface area contributed by atoms with E-state index in [9.17, 15) is 27.6 Å². The Balaban J connectivity index is 1.60. The van der Waals surface area contributed by atoms with Crippen molar-refractivity contribution in [2.24, 2.45) is 0 Å². The second kappa shape index (κ2) is 11.2. The van der Waals surface area contributed by atoms with Crippen molar-refractivity contribution in [2.45, 2.75) is 33.0 Å². The van der Waals surface area contributed by atoms with Gasteiger partial charge in [0.1, 0.15) is 11.3 Å². The summed E-state index contributed by atoms with van der Waals surface area (Å²) in [6.07, 6.45) is -4.57. The summed E-state index contributed by atoms with van der Waals surface area (Å²) in [6.45, 7) is 5.33. The zero-order chi connectivity index (χ0) is 28.3. The minimum Gasteiger partial charge on any atom is -0.462 e. The van der Waals surface area contributed by atoms with Gasteiger partial charge < -0.3 is 14.5 Å². The van der Waals surface area contributed by atoms with Crippen LogP contribution < -0.4 is 0 Å². The quantitative estimate of drug-likeness (QED) is 0.438. The Kier molecular flexibility index (Phi) is 7.98. The van der Waals surface area contributed by atoms with Crippen LogP contribution in [-0.2, 0) is 10.9 Å². The number of hydrogen-bond donors (Lipinski definition) is 0. The predicted octanol–water partition coefficient (Wildman–Crippen LogP) is 4.63. The minimum atomic E-state index is -4.57. The van der Waals surface area contributed by atoms with Gasteiger partial charge in [-0.3, -0.25) is 9.59 Å². The Hall–Kier alpha value is -4.28. The smallest absolute Gasteiger partial charge is 0.416 e. The monoisotopic (exact) mass is 540 g/mol. The number of aromatic nitrogens is 2. The number of carbonyl (C=O) groups is 3. The van der Waals surface area contributed by atoms with E-state index in [1.807, 2.05) is 6.07 Å². The van der Waals surface area contributed by atoms with Crippen LogP contribution in [0, 0.1) is 6.92 Å². The number of piperazine rings is 1. The largest absolute Gasteiger partial charge is 0.462 e. The van der Waals surface area contributed by atoms with Crippen LogP contribution in [0.15, 0.2) is 54.6 Å². The van der Waals surface area contributed by atoms with E-state index < -0.39 is 35.6 Å². The molecule has 0 radical (unpaired) electrons. The van der Waals surface area contributed by atoms with Gasteiger partial charge in [0, 0.05) is 36.8 Å². The Morgan fingerprint density at radius 2 is 1.72 bits per heavy atom. The van der Waals surface area contributed by atoms with E-state index >= 15 is 0 Å². The van der Waals surface area contributed by atoms with Gasteiger partial charge in [0.25, 0.3) is 11.8 Å². The van der Waals surface area contributed by atoms with Crippen molar-refractivity contribution in [3.8, 4) is 11.4 Å². The van der Waals surface area contributed by atoms with Gasteiger partial charge in [0.15, 0.2) is 5.82 Å². The van der Waals surface area contributed by atoms with Crippen LogP contribution in [0.2, 0.25) is 0 Å². The molecule has 0 aliphatic carbocycles. The highest BCUT2D eigenvalue weighted by atomic mass is 19.4. The molecule has 0 saturated carbocycles. The number of rotatable bonds is 5. The first kappa shape index (κ1) is 27.7. The van der Waals surface area contributed by atoms with Crippen LogP contribution in [0.4, 0.5) is 13.2 Å². The lowest BCUT2D eigenvalue weighted by Crippen LogP contribution is -2.55. The number of benzene rings is 2. The summed E-state index contributed by atoms with van der Waals surface area (Å²) in [7, 11) is 0. The Labute approximate surface area is 223 Å². The third-order valence-electron chi connectivity index (χ3n) is 6.42. The van der Waals surface area contributed by atoms with Crippen molar-refractivity contribution < 1.29 is 32.3 Å². The highest BCUT2D eigenvalue weighted by Gasteiger charge is 2.35. The fourth-order valence-corrected chi connectivity index (χ4v) is 4.48. The number of alkyl halides is 3. The van der Waals surface area contributed by atoms with Gasteiger partial charge in [0.2, 0.25) is 0 Å². The molecule has 0 spiro atoms. The number of ether oxygens (including phenoxy) is 1. The zero-order valence-electron chi connectivity index (χ0n) is 21.7. The van der Waals surface area contributed by atoms with Crippen LogP contribution >= 0.6 is 0 Å². The molecule has 11 heteroatoms. The van der Waals surface area contributed by atoms with E-state index in [-0.39, 0.29) is 54.6 Å². The van der Waals surface area contributed by atoms with Gasteiger partial charge >= 0.3 is 12.1 Å². The molecule has 204 valence electrons. The number of amides is 2. The van der Waals surface area contributed by atoms with E-state index in [1.54, 1.807) is 45.0 Å². The number of nitrogens with zero attached hydrogens (tertiary/aromatic N) is 4. The summed E-state index contributed by atoms with van der Waals surface area (Å²) >= 11 is 0. The molecule has 2 heterocycles. The average molecular weight is 541 g/mol. The molecule has 1 fully saturated rings. The molecule has 3 aromatic rings. The summed E-state index contributed by atoms with van der Waals surface area (Å²) in [5.41, 5.74) is -0.178. The van der Waals surface area contributed by atoms with E-state index in [0.717, 1.165) is 12.1 Å². The van der Waals surface area contributed by atoms with Crippen molar-refractivity contribution >= 4 is 17.8 Å². The molecule has 0 N–H and O–H groups in total. The Morgan fingerprint density at radius 1 is 1.00 bits per heavy atom. The molecule has 1 aliphatic rings. The molecule has 1 saturated heterocycles. The van der Waals surface area contributed by atoms with Crippen molar-refractivity contribution in [2.75, 3.05) is 26.2 Å². The lowest BCUT2D eigenvalue weighted by atomic mass is 10.1. The lowest BCUT2D eigenvalue weighted by molar-refractivity contribution is -0.137. The SMILES string of the molecule is CCOC(=O)c1c(C)nc(-c2ccccc2)nc1C(=O)N1CCN(C(=O)c2cccc(C(F)(F)F)c2)C(C)C1. The first-order chi connectivity index (χ1) is 18.5. The first-order valence-electron chi connectivity index (χ1n) is 12.4. The normalized spacial score (nSPS) is 15.7. The molecule has 2 aromatic carbocycles. The van der Waals surface area contributed by atoms with Crippen LogP contribution in [0.1, 0.15) is 56.3 Å². The zero-order valence-corrected chi connectivity index (χ0v) is 21.7. The number of halogens is 3. The van der Waals surface area contributed by atoms with Gasteiger partial charge in [-0.1, -0.05) is 36.4 Å². The molecule has 8 nitrogen and oxygen atoms in total. The second-order valence-corrected chi connectivity index (χ2v) is 9.12. The van der Waals surface area contributed by atoms with Crippen LogP contribution in [0.5, 0.6) is 0 Å². The fourth-order valence-electron chi connectivity index (χ4n) is 4.48. The highest BCUT2D eigenvalue weighted by Crippen LogP contribution is 2.30. The maximum atomic E-state index is 13.7. The topological polar surface area (TPSA) is 92.7 Å². The summed E-state index contributed by atoms with van der Waals surface area (Å²) in [5.74, 6) is -1.53. The summed E-state index contributed by atoms with van der Waals surface area (Å²) in [4.78, 5) is 51.3. The van der Waals surface area contributed by atoms with Crippen molar-refractivity contribution in [1.82, 2.24) is 19.8 Å². The molecular formula is C28H27F3N4O4. The fraction of sp³-hybridized carbons (Fsp3) is 0.321. The summed E-state index contributed by atoms with van der Waals surface area (Å²) in [5, 5.41) is 0. The molecule has 1 atom stereocenters. The van der Waals surface area contributed by atoms with Crippen LogP contribution in [-0.4, -0.2) is 69.8 Å².